The highest BCUT2D eigenvalue weighted by Gasteiger charge is 2.14. The van der Waals surface area contributed by atoms with E-state index in [1.807, 2.05) is 35.8 Å². The third-order valence-electron chi connectivity index (χ3n) is 3.24. The summed E-state index contributed by atoms with van der Waals surface area (Å²) in [4.78, 5) is 4.27. The number of fused-ring (bicyclic) bond motifs is 1. The third-order valence-corrected chi connectivity index (χ3v) is 3.88. The fraction of sp³-hybridized carbons (Fsp3) is 0.133. The molecule has 1 aromatic heterocycles. The van der Waals surface area contributed by atoms with Crippen molar-refractivity contribution in [3.63, 3.8) is 0 Å². The second-order valence-electron chi connectivity index (χ2n) is 4.54. The van der Waals surface area contributed by atoms with Crippen molar-refractivity contribution >= 4 is 34.2 Å². The lowest BCUT2D eigenvalue weighted by Gasteiger charge is -2.09. The van der Waals surface area contributed by atoms with E-state index in [0.717, 1.165) is 11.3 Å². The van der Waals surface area contributed by atoms with Crippen LogP contribution in [0.1, 0.15) is 11.4 Å². The fourth-order valence-corrected chi connectivity index (χ4v) is 2.57. The van der Waals surface area contributed by atoms with E-state index >= 15 is 0 Å². The minimum atomic E-state index is -0.356. The zero-order valence-corrected chi connectivity index (χ0v) is 12.2. The summed E-state index contributed by atoms with van der Waals surface area (Å²) in [5.74, 6) is 0.428. The summed E-state index contributed by atoms with van der Waals surface area (Å²) >= 11 is 12.1. The maximum absolute atomic E-state index is 13.8. The summed E-state index contributed by atoms with van der Waals surface area (Å²) < 4.78 is 15.7. The normalized spacial score (nSPS) is 11.2. The van der Waals surface area contributed by atoms with E-state index in [4.69, 9.17) is 23.2 Å². The number of para-hydroxylation sites is 1. The average Bonchev–Trinajstić information content (AvgIpc) is 2.82. The van der Waals surface area contributed by atoms with Gasteiger partial charge in [0.1, 0.15) is 11.3 Å². The Balaban J connectivity index is 2.34. The quantitative estimate of drug-likeness (QED) is 0.618. The molecule has 3 rings (SSSR count). The fourth-order valence-electron chi connectivity index (χ4n) is 2.21. The lowest BCUT2D eigenvalue weighted by atomic mass is 10.2. The van der Waals surface area contributed by atoms with Crippen molar-refractivity contribution in [1.82, 2.24) is 9.55 Å². The van der Waals surface area contributed by atoms with Gasteiger partial charge in [-0.3, -0.25) is 4.57 Å². The molecule has 0 aliphatic rings. The van der Waals surface area contributed by atoms with Gasteiger partial charge in [-0.25, -0.2) is 9.37 Å². The Morgan fingerprint density at radius 1 is 1.25 bits per heavy atom. The molecule has 2 nitrogen and oxygen atoms in total. The zero-order valence-electron chi connectivity index (χ0n) is 10.7. The first-order valence-electron chi connectivity index (χ1n) is 6.10. The molecule has 1 heterocycles. The van der Waals surface area contributed by atoms with Crippen LogP contribution < -0.4 is 0 Å². The first-order valence-corrected chi connectivity index (χ1v) is 7.01. The second kappa shape index (κ2) is 5.08. The monoisotopic (exact) mass is 308 g/mol. The SMILES string of the molecule is Cc1ccc(-n2c(CCl)nc3c(F)cccc32)cc1Cl. The van der Waals surface area contributed by atoms with Gasteiger partial charge in [0, 0.05) is 10.7 Å². The molecule has 0 atom stereocenters. The first kappa shape index (κ1) is 13.4. The van der Waals surface area contributed by atoms with Crippen molar-refractivity contribution in [2.24, 2.45) is 0 Å². The lowest BCUT2D eigenvalue weighted by Crippen LogP contribution is -1.99. The van der Waals surface area contributed by atoms with E-state index < -0.39 is 0 Å². The summed E-state index contributed by atoms with van der Waals surface area (Å²) in [6, 6.07) is 10.5. The molecule has 5 heteroatoms. The Morgan fingerprint density at radius 3 is 2.75 bits per heavy atom. The summed E-state index contributed by atoms with van der Waals surface area (Å²) in [7, 11) is 0. The molecular formula is C15H11Cl2FN2. The van der Waals surface area contributed by atoms with Crippen LogP contribution in [0, 0.1) is 12.7 Å². The Labute approximate surface area is 125 Å². The predicted molar refractivity (Wildman–Crippen MR) is 80.3 cm³/mol. The Morgan fingerprint density at radius 2 is 2.05 bits per heavy atom. The summed E-state index contributed by atoms with van der Waals surface area (Å²) in [6.45, 7) is 1.93. The van der Waals surface area contributed by atoms with Gasteiger partial charge in [0.25, 0.3) is 0 Å². The predicted octanol–water partition coefficient (Wildman–Crippen LogP) is 4.87. The number of aryl methyl sites for hydroxylation is 1. The van der Waals surface area contributed by atoms with Gasteiger partial charge < -0.3 is 0 Å². The van der Waals surface area contributed by atoms with Crippen LogP contribution in [0.5, 0.6) is 0 Å². The van der Waals surface area contributed by atoms with E-state index in [0.29, 0.717) is 21.9 Å². The van der Waals surface area contributed by atoms with Crippen LogP contribution in [-0.2, 0) is 5.88 Å². The van der Waals surface area contributed by atoms with Crippen molar-refractivity contribution in [3.05, 3.63) is 58.6 Å². The van der Waals surface area contributed by atoms with Crippen LogP contribution >= 0.6 is 23.2 Å². The van der Waals surface area contributed by atoms with E-state index in [2.05, 4.69) is 4.98 Å². The highest BCUT2D eigenvalue weighted by Crippen LogP contribution is 2.27. The van der Waals surface area contributed by atoms with Gasteiger partial charge in [-0.2, -0.15) is 0 Å². The molecule has 0 fully saturated rings. The number of hydrogen-bond acceptors (Lipinski definition) is 1. The molecule has 20 heavy (non-hydrogen) atoms. The number of rotatable bonds is 2. The van der Waals surface area contributed by atoms with E-state index in [9.17, 15) is 4.39 Å². The molecule has 0 saturated heterocycles. The molecule has 0 unspecified atom stereocenters. The van der Waals surface area contributed by atoms with Crippen molar-refractivity contribution in [2.45, 2.75) is 12.8 Å². The lowest BCUT2D eigenvalue weighted by molar-refractivity contribution is 0.637. The summed E-state index contributed by atoms with van der Waals surface area (Å²) in [5.41, 5.74) is 2.81. The van der Waals surface area contributed by atoms with Gasteiger partial charge in [-0.05, 0) is 36.8 Å². The molecule has 0 spiro atoms. The molecule has 0 aliphatic heterocycles. The average molecular weight is 309 g/mol. The van der Waals surface area contributed by atoms with Gasteiger partial charge in [0.15, 0.2) is 5.82 Å². The van der Waals surface area contributed by atoms with Gasteiger partial charge in [0.05, 0.1) is 11.4 Å². The minimum Gasteiger partial charge on any atom is -0.295 e. The highest BCUT2D eigenvalue weighted by atomic mass is 35.5. The van der Waals surface area contributed by atoms with Crippen LogP contribution in [0.2, 0.25) is 5.02 Å². The maximum Gasteiger partial charge on any atom is 0.151 e. The van der Waals surface area contributed by atoms with Crippen LogP contribution in [0.4, 0.5) is 4.39 Å². The molecule has 3 aromatic rings. The number of alkyl halides is 1. The zero-order chi connectivity index (χ0) is 14.3. The van der Waals surface area contributed by atoms with E-state index in [-0.39, 0.29) is 11.7 Å². The van der Waals surface area contributed by atoms with E-state index in [1.54, 1.807) is 6.07 Å². The Kier molecular flexibility index (Phi) is 3.40. The van der Waals surface area contributed by atoms with Gasteiger partial charge in [-0.15, -0.1) is 11.6 Å². The topological polar surface area (TPSA) is 17.8 Å². The summed E-state index contributed by atoms with van der Waals surface area (Å²) in [6.07, 6.45) is 0. The van der Waals surface area contributed by atoms with Crippen molar-refractivity contribution in [3.8, 4) is 5.69 Å². The van der Waals surface area contributed by atoms with Crippen molar-refractivity contribution in [2.75, 3.05) is 0 Å². The number of imidazole rings is 1. The third kappa shape index (κ3) is 2.07. The number of nitrogens with zero attached hydrogens (tertiary/aromatic N) is 2. The number of benzene rings is 2. The van der Waals surface area contributed by atoms with Crippen LogP contribution in [0.15, 0.2) is 36.4 Å². The molecule has 2 aromatic carbocycles. The first-order chi connectivity index (χ1) is 9.61. The Bertz CT molecular complexity index is 796. The van der Waals surface area contributed by atoms with Crippen LogP contribution in [-0.4, -0.2) is 9.55 Å². The van der Waals surface area contributed by atoms with Gasteiger partial charge >= 0.3 is 0 Å². The standard InChI is InChI=1S/C15H11Cl2FN2/c1-9-5-6-10(7-11(9)17)20-13-4-2-3-12(18)15(13)19-14(20)8-16/h2-7H,8H2,1H3. The second-order valence-corrected chi connectivity index (χ2v) is 5.21. The van der Waals surface area contributed by atoms with E-state index in [1.165, 1.54) is 6.07 Å². The van der Waals surface area contributed by atoms with Crippen molar-refractivity contribution in [1.29, 1.82) is 0 Å². The van der Waals surface area contributed by atoms with Gasteiger partial charge in [-0.1, -0.05) is 23.7 Å². The summed E-state index contributed by atoms with van der Waals surface area (Å²) in [5, 5.41) is 0.654. The molecule has 0 N–H and O–H groups in total. The molecule has 0 saturated carbocycles. The highest BCUT2D eigenvalue weighted by molar-refractivity contribution is 6.31. The van der Waals surface area contributed by atoms with Crippen LogP contribution in [0.25, 0.3) is 16.7 Å². The molecule has 0 amide bonds. The number of hydrogen-bond donors (Lipinski definition) is 0. The van der Waals surface area contributed by atoms with Crippen molar-refractivity contribution < 1.29 is 4.39 Å². The molecule has 0 aliphatic carbocycles. The molecule has 0 radical (unpaired) electrons. The Hall–Kier alpha value is -1.58. The molecule has 102 valence electrons. The largest absolute Gasteiger partial charge is 0.295 e. The molecular weight excluding hydrogens is 298 g/mol. The smallest absolute Gasteiger partial charge is 0.151 e. The van der Waals surface area contributed by atoms with Gasteiger partial charge in [0.2, 0.25) is 0 Å². The number of aromatic nitrogens is 2. The maximum atomic E-state index is 13.8. The number of halogens is 3. The van der Waals surface area contributed by atoms with Crippen LogP contribution in [0.3, 0.4) is 0 Å². The molecule has 0 bridgehead atoms. The minimum absolute atomic E-state index is 0.194.